The fourth-order valence-corrected chi connectivity index (χ4v) is 2.69. The molecule has 1 heterocycles. The molecule has 2 atom stereocenters. The van der Waals surface area contributed by atoms with Gasteiger partial charge in [0.25, 0.3) is 0 Å². The summed E-state index contributed by atoms with van der Waals surface area (Å²) in [6, 6.07) is 0.778. The third-order valence-electron chi connectivity index (χ3n) is 3.48. The van der Waals surface area contributed by atoms with E-state index in [0.717, 1.165) is 17.9 Å². The summed E-state index contributed by atoms with van der Waals surface area (Å²) in [6.07, 6.45) is 4.52. The van der Waals surface area contributed by atoms with Gasteiger partial charge in [-0.25, -0.2) is 0 Å². The first-order valence-electron chi connectivity index (χ1n) is 5.01. The van der Waals surface area contributed by atoms with Crippen LogP contribution in [0.15, 0.2) is 0 Å². The lowest BCUT2D eigenvalue weighted by Crippen LogP contribution is -2.28. The van der Waals surface area contributed by atoms with Crippen molar-refractivity contribution in [1.29, 1.82) is 0 Å². The predicted molar refractivity (Wildman–Crippen MR) is 47.5 cm³/mol. The largest absolute Gasteiger partial charge is 0.300 e. The summed E-state index contributed by atoms with van der Waals surface area (Å²) in [7, 11) is 0. The Bertz CT molecular complexity index is 130. The van der Waals surface area contributed by atoms with E-state index in [1.165, 1.54) is 32.4 Å². The Morgan fingerprint density at radius 1 is 1.09 bits per heavy atom. The molecule has 0 aromatic heterocycles. The van der Waals surface area contributed by atoms with Crippen LogP contribution in [0.5, 0.6) is 0 Å². The van der Waals surface area contributed by atoms with E-state index in [2.05, 4.69) is 18.7 Å². The van der Waals surface area contributed by atoms with Crippen molar-refractivity contribution >= 4 is 0 Å². The molecule has 0 radical (unpaired) electrons. The smallest absolute Gasteiger partial charge is 0.00388 e. The first-order valence-corrected chi connectivity index (χ1v) is 5.01. The van der Waals surface area contributed by atoms with Crippen LogP contribution in [0.25, 0.3) is 0 Å². The highest BCUT2D eigenvalue weighted by molar-refractivity contribution is 4.89. The second-order valence-electron chi connectivity index (χ2n) is 4.50. The summed E-state index contributed by atoms with van der Waals surface area (Å²) < 4.78 is 0. The maximum Gasteiger partial charge on any atom is 0.00388 e. The third kappa shape index (κ3) is 1.31. The Hall–Kier alpha value is -0.0400. The first-order chi connectivity index (χ1) is 5.27. The summed E-state index contributed by atoms with van der Waals surface area (Å²) in [4.78, 5) is 2.65. The van der Waals surface area contributed by atoms with E-state index in [0.29, 0.717) is 0 Å². The Labute approximate surface area is 69.8 Å². The second-order valence-corrected chi connectivity index (χ2v) is 4.50. The number of nitrogens with zero attached hydrogens (tertiary/aromatic N) is 1. The molecular weight excluding hydrogens is 134 g/mol. The van der Waals surface area contributed by atoms with Crippen LogP contribution in [0, 0.1) is 11.8 Å². The molecule has 0 amide bonds. The molecule has 0 bridgehead atoms. The summed E-state index contributed by atoms with van der Waals surface area (Å²) in [6.45, 7) is 7.42. The van der Waals surface area contributed by atoms with Crippen molar-refractivity contribution in [2.75, 3.05) is 13.1 Å². The van der Waals surface area contributed by atoms with Crippen LogP contribution < -0.4 is 0 Å². The first kappa shape index (κ1) is 7.60. The van der Waals surface area contributed by atoms with Gasteiger partial charge in [0.1, 0.15) is 0 Å². The van der Waals surface area contributed by atoms with Crippen LogP contribution in [0.2, 0.25) is 0 Å². The quantitative estimate of drug-likeness (QED) is 0.558. The zero-order valence-corrected chi connectivity index (χ0v) is 7.71. The molecule has 0 N–H and O–H groups in total. The predicted octanol–water partition coefficient (Wildman–Crippen LogP) is 2.13. The van der Waals surface area contributed by atoms with Crippen LogP contribution in [0.4, 0.5) is 0 Å². The summed E-state index contributed by atoms with van der Waals surface area (Å²) in [5, 5.41) is 0. The topological polar surface area (TPSA) is 3.24 Å². The van der Waals surface area contributed by atoms with Gasteiger partial charge in [-0.2, -0.15) is 0 Å². The maximum absolute atomic E-state index is 2.65. The lowest BCUT2D eigenvalue weighted by atomic mass is 10.0. The van der Waals surface area contributed by atoms with Gasteiger partial charge in [0.05, 0.1) is 0 Å². The third-order valence-corrected chi connectivity index (χ3v) is 3.48. The van der Waals surface area contributed by atoms with E-state index >= 15 is 0 Å². The fourth-order valence-electron chi connectivity index (χ4n) is 2.69. The SMILES string of the molecule is CC(C)N1CC2CCC[C@@H]2C1. The summed E-state index contributed by atoms with van der Waals surface area (Å²) in [5.74, 6) is 2.13. The van der Waals surface area contributed by atoms with Crippen LogP contribution in [-0.4, -0.2) is 24.0 Å². The van der Waals surface area contributed by atoms with Gasteiger partial charge in [-0.05, 0) is 38.5 Å². The van der Waals surface area contributed by atoms with E-state index < -0.39 is 0 Å². The molecule has 1 aliphatic heterocycles. The van der Waals surface area contributed by atoms with Crippen LogP contribution in [0.3, 0.4) is 0 Å². The average Bonchev–Trinajstić information content (AvgIpc) is 2.40. The van der Waals surface area contributed by atoms with Gasteiger partial charge in [0.2, 0.25) is 0 Å². The van der Waals surface area contributed by atoms with Crippen molar-refractivity contribution in [3.63, 3.8) is 0 Å². The zero-order valence-electron chi connectivity index (χ0n) is 7.71. The highest BCUT2D eigenvalue weighted by atomic mass is 15.2. The summed E-state index contributed by atoms with van der Waals surface area (Å²) in [5.41, 5.74) is 0. The molecule has 0 spiro atoms. The van der Waals surface area contributed by atoms with E-state index in [4.69, 9.17) is 0 Å². The van der Waals surface area contributed by atoms with Crippen molar-refractivity contribution in [2.45, 2.75) is 39.2 Å². The molecule has 1 saturated carbocycles. The molecule has 1 saturated heterocycles. The van der Waals surface area contributed by atoms with Crippen molar-refractivity contribution < 1.29 is 0 Å². The van der Waals surface area contributed by atoms with E-state index in [9.17, 15) is 0 Å². The van der Waals surface area contributed by atoms with Gasteiger partial charge in [0, 0.05) is 19.1 Å². The average molecular weight is 153 g/mol. The van der Waals surface area contributed by atoms with Crippen molar-refractivity contribution in [3.8, 4) is 0 Å². The number of hydrogen-bond donors (Lipinski definition) is 0. The van der Waals surface area contributed by atoms with Crippen molar-refractivity contribution in [2.24, 2.45) is 11.8 Å². The molecule has 2 fully saturated rings. The molecular formula is C10H19N. The Kier molecular flexibility index (Phi) is 1.92. The number of hydrogen-bond acceptors (Lipinski definition) is 1. The molecule has 2 rings (SSSR count). The van der Waals surface area contributed by atoms with E-state index in [-0.39, 0.29) is 0 Å². The standard InChI is InChI=1S/C10H19N/c1-8(2)11-6-9-4-3-5-10(9)7-11/h8-10H,3-7H2,1-2H3/t9-,10?/m1/s1. The fraction of sp³-hybridized carbons (Fsp3) is 1.00. The van der Waals surface area contributed by atoms with Crippen molar-refractivity contribution in [1.82, 2.24) is 4.90 Å². The zero-order chi connectivity index (χ0) is 7.84. The monoisotopic (exact) mass is 153 g/mol. The Morgan fingerprint density at radius 2 is 1.64 bits per heavy atom. The minimum absolute atomic E-state index is 0.778. The highest BCUT2D eigenvalue weighted by Gasteiger charge is 2.36. The number of fused-ring (bicyclic) bond motifs is 1. The molecule has 0 aromatic carbocycles. The Balaban J connectivity index is 1.94. The molecule has 1 aliphatic carbocycles. The molecule has 1 unspecified atom stereocenters. The second kappa shape index (κ2) is 2.78. The van der Waals surface area contributed by atoms with Gasteiger partial charge in [-0.1, -0.05) is 6.42 Å². The lowest BCUT2D eigenvalue weighted by Gasteiger charge is -2.20. The van der Waals surface area contributed by atoms with Gasteiger partial charge in [0.15, 0.2) is 0 Å². The molecule has 1 heteroatoms. The van der Waals surface area contributed by atoms with Crippen molar-refractivity contribution in [3.05, 3.63) is 0 Å². The lowest BCUT2D eigenvalue weighted by molar-refractivity contribution is 0.254. The summed E-state index contributed by atoms with van der Waals surface area (Å²) >= 11 is 0. The van der Waals surface area contributed by atoms with Gasteiger partial charge >= 0.3 is 0 Å². The molecule has 2 aliphatic rings. The van der Waals surface area contributed by atoms with E-state index in [1.807, 2.05) is 0 Å². The molecule has 11 heavy (non-hydrogen) atoms. The minimum Gasteiger partial charge on any atom is -0.300 e. The van der Waals surface area contributed by atoms with Crippen LogP contribution >= 0.6 is 0 Å². The molecule has 1 nitrogen and oxygen atoms in total. The normalized spacial score (nSPS) is 38.5. The Morgan fingerprint density at radius 3 is 2.09 bits per heavy atom. The van der Waals surface area contributed by atoms with Gasteiger partial charge in [-0.3, -0.25) is 0 Å². The minimum atomic E-state index is 0.778. The highest BCUT2D eigenvalue weighted by Crippen LogP contribution is 2.38. The van der Waals surface area contributed by atoms with E-state index in [1.54, 1.807) is 0 Å². The maximum atomic E-state index is 2.65. The number of likely N-dealkylation sites (tertiary alicyclic amines) is 1. The molecule has 0 aromatic rings. The van der Waals surface area contributed by atoms with Gasteiger partial charge in [-0.15, -0.1) is 0 Å². The van der Waals surface area contributed by atoms with Crippen LogP contribution in [-0.2, 0) is 0 Å². The molecule has 64 valence electrons. The number of rotatable bonds is 1. The van der Waals surface area contributed by atoms with Crippen LogP contribution in [0.1, 0.15) is 33.1 Å². The van der Waals surface area contributed by atoms with Gasteiger partial charge < -0.3 is 4.90 Å².